The quantitative estimate of drug-likeness (QED) is 0.111. The van der Waals surface area contributed by atoms with Crippen LogP contribution in [0.5, 0.6) is 0 Å². The summed E-state index contributed by atoms with van der Waals surface area (Å²) in [6.07, 6.45) is 3.52. The molecule has 0 fully saturated rings. The van der Waals surface area contributed by atoms with Crippen LogP contribution in [0.1, 0.15) is 52.9 Å². The molecule has 0 unspecified atom stereocenters. The first-order valence-electron chi connectivity index (χ1n) is 10.8. The molecule has 0 aromatic heterocycles. The van der Waals surface area contributed by atoms with E-state index in [0.717, 1.165) is 13.1 Å². The number of aliphatic imine (C=N–C) groups is 1. The third-order valence-corrected chi connectivity index (χ3v) is 6.61. The highest BCUT2D eigenvalue weighted by molar-refractivity contribution is 7.52. The maximum atomic E-state index is 13.4. The van der Waals surface area contributed by atoms with Gasteiger partial charge in [-0.25, -0.2) is 5.43 Å². The first-order chi connectivity index (χ1) is 14.5. The zero-order valence-electron chi connectivity index (χ0n) is 19.0. The molecule has 1 amide bonds. The van der Waals surface area contributed by atoms with E-state index in [2.05, 4.69) is 21.1 Å². The Bertz CT molecular complexity index is 670. The predicted octanol–water partition coefficient (Wildman–Crippen LogP) is -0.0641. The molecule has 1 aliphatic heterocycles. The van der Waals surface area contributed by atoms with Gasteiger partial charge in [0.2, 0.25) is 5.91 Å². The van der Waals surface area contributed by atoms with Gasteiger partial charge in [0.05, 0.1) is 25.5 Å². The van der Waals surface area contributed by atoms with Gasteiger partial charge in [0.1, 0.15) is 5.78 Å². The number of rotatable bonds is 15. The number of amides is 1. The third kappa shape index (κ3) is 8.59. The second-order valence-corrected chi connectivity index (χ2v) is 10.2. The van der Waals surface area contributed by atoms with E-state index in [-0.39, 0.29) is 18.8 Å². The fourth-order valence-electron chi connectivity index (χ4n) is 3.54. The summed E-state index contributed by atoms with van der Waals surface area (Å²) in [7, 11) is -3.05. The summed E-state index contributed by atoms with van der Waals surface area (Å²) in [6, 6.07) is -0.946. The van der Waals surface area contributed by atoms with Gasteiger partial charge in [0.15, 0.2) is 11.3 Å². The van der Waals surface area contributed by atoms with Gasteiger partial charge in [0, 0.05) is 13.6 Å². The predicted molar refractivity (Wildman–Crippen MR) is 120 cm³/mol. The molecular weight excluding hydrogens is 423 g/mol. The molecular formula is C19H39N6O5P. The molecule has 0 aliphatic carbocycles. The lowest BCUT2D eigenvalue weighted by atomic mass is 9.82. The number of hydrazine groups is 1. The molecule has 0 radical (unpaired) electrons. The van der Waals surface area contributed by atoms with E-state index < -0.39 is 36.6 Å². The number of carbonyl (C=O) groups excluding carboxylic acids is 2. The number of hydrogen-bond donors (Lipinski definition) is 6. The summed E-state index contributed by atoms with van der Waals surface area (Å²) in [5.74, 6) is -2.28. The highest BCUT2D eigenvalue weighted by Gasteiger charge is 2.45. The molecule has 0 aromatic carbocycles. The SMILES string of the molecule is CC[C@@H](N[C@@H](CC(C)C)C(=O)[C@@](N)(CCCCNN1C=NCC1)C(=O)NC)P(=O)(O)O. The first kappa shape index (κ1) is 27.7. The van der Waals surface area contributed by atoms with Crippen LogP contribution < -0.4 is 21.8 Å². The fraction of sp³-hybridized carbons (Fsp3) is 0.842. The Kier molecular flexibility index (Phi) is 11.3. The lowest BCUT2D eigenvalue weighted by molar-refractivity contribution is -0.137. The van der Waals surface area contributed by atoms with Crippen molar-refractivity contribution in [1.82, 2.24) is 21.1 Å². The maximum absolute atomic E-state index is 13.4. The molecule has 180 valence electrons. The number of Topliss-reactive ketones (excluding diaryl/α,β-unsaturated/α-hetero) is 1. The van der Waals surface area contributed by atoms with E-state index in [9.17, 15) is 23.9 Å². The zero-order valence-corrected chi connectivity index (χ0v) is 19.9. The molecule has 0 bridgehead atoms. The van der Waals surface area contributed by atoms with Crippen LogP contribution in [-0.4, -0.2) is 76.9 Å². The number of hydrogen-bond acceptors (Lipinski definition) is 8. The second kappa shape index (κ2) is 12.6. The smallest absolute Gasteiger partial charge is 0.342 e. The fourth-order valence-corrected chi connectivity index (χ4v) is 4.39. The van der Waals surface area contributed by atoms with Gasteiger partial charge in [-0.15, -0.1) is 0 Å². The summed E-state index contributed by atoms with van der Waals surface area (Å²) in [4.78, 5) is 49.3. The van der Waals surface area contributed by atoms with Crippen LogP contribution in [0, 0.1) is 5.92 Å². The normalized spacial score (nSPS) is 18.1. The van der Waals surface area contributed by atoms with E-state index in [4.69, 9.17) is 5.73 Å². The summed E-state index contributed by atoms with van der Waals surface area (Å²) in [5.41, 5.74) is 7.77. The van der Waals surface area contributed by atoms with Gasteiger partial charge in [-0.2, -0.15) is 0 Å². The molecule has 0 aromatic rings. The maximum Gasteiger partial charge on any atom is 0.342 e. The van der Waals surface area contributed by atoms with Crippen molar-refractivity contribution in [2.45, 2.75) is 70.2 Å². The number of likely N-dealkylation sites (N-methyl/N-ethyl adjacent to an activating group) is 1. The van der Waals surface area contributed by atoms with Crippen molar-refractivity contribution >= 4 is 25.6 Å². The highest BCUT2D eigenvalue weighted by Crippen LogP contribution is 2.41. The molecule has 1 heterocycles. The minimum Gasteiger partial charge on any atom is -0.357 e. The van der Waals surface area contributed by atoms with Crippen molar-refractivity contribution < 1.29 is 23.9 Å². The standard InChI is InChI=1S/C19H39N6O5P/c1-5-16(31(28,29)30)24-15(12-14(2)3)17(26)19(20,18(27)21-4)8-6-7-9-23-25-11-10-22-13-25/h13-16,23-24H,5-12,20H2,1-4H3,(H,21,27)(H2,28,29,30)/t15-,16-,19-/m0/s1. The Morgan fingerprint density at radius 1 is 1.32 bits per heavy atom. The van der Waals surface area contributed by atoms with E-state index in [1.807, 2.05) is 18.9 Å². The van der Waals surface area contributed by atoms with E-state index in [1.165, 1.54) is 7.05 Å². The van der Waals surface area contributed by atoms with Crippen LogP contribution >= 0.6 is 7.60 Å². The molecule has 1 rings (SSSR count). The molecule has 1 aliphatic rings. The van der Waals surface area contributed by atoms with Gasteiger partial charge < -0.3 is 20.8 Å². The largest absolute Gasteiger partial charge is 0.357 e. The molecule has 0 saturated carbocycles. The van der Waals surface area contributed by atoms with Crippen LogP contribution in [-0.2, 0) is 14.2 Å². The average molecular weight is 463 g/mol. The number of ketones is 1. The lowest BCUT2D eigenvalue weighted by Gasteiger charge is -2.33. The molecule has 0 saturated heterocycles. The minimum atomic E-state index is -4.46. The van der Waals surface area contributed by atoms with E-state index in [1.54, 1.807) is 13.3 Å². The summed E-state index contributed by atoms with van der Waals surface area (Å²) >= 11 is 0. The Morgan fingerprint density at radius 3 is 2.48 bits per heavy atom. The Morgan fingerprint density at radius 2 is 2.00 bits per heavy atom. The minimum absolute atomic E-state index is 0.0518. The summed E-state index contributed by atoms with van der Waals surface area (Å²) in [6.45, 7) is 7.62. The zero-order chi connectivity index (χ0) is 23.7. The highest BCUT2D eigenvalue weighted by atomic mass is 31.2. The van der Waals surface area contributed by atoms with Gasteiger partial charge in [-0.05, 0) is 38.0 Å². The molecule has 12 heteroatoms. The van der Waals surface area contributed by atoms with Crippen molar-refractivity contribution in [1.29, 1.82) is 0 Å². The summed E-state index contributed by atoms with van der Waals surface area (Å²) in [5, 5.41) is 7.15. The molecule has 0 spiro atoms. The lowest BCUT2D eigenvalue weighted by Crippen LogP contribution is -2.64. The second-order valence-electron chi connectivity index (χ2n) is 8.36. The number of carbonyl (C=O) groups is 2. The Labute approximate surface area is 184 Å². The number of nitrogens with one attached hydrogen (secondary N) is 3. The molecule has 31 heavy (non-hydrogen) atoms. The monoisotopic (exact) mass is 462 g/mol. The van der Waals surface area contributed by atoms with Crippen LogP contribution in [0.3, 0.4) is 0 Å². The van der Waals surface area contributed by atoms with Crippen molar-refractivity contribution in [3.05, 3.63) is 0 Å². The number of unbranched alkanes of at least 4 members (excludes halogenated alkanes) is 1. The van der Waals surface area contributed by atoms with E-state index >= 15 is 0 Å². The van der Waals surface area contributed by atoms with Crippen LogP contribution in [0.2, 0.25) is 0 Å². The van der Waals surface area contributed by atoms with Gasteiger partial charge >= 0.3 is 7.60 Å². The van der Waals surface area contributed by atoms with Gasteiger partial charge in [-0.3, -0.25) is 29.5 Å². The Balaban J connectivity index is 2.88. The van der Waals surface area contributed by atoms with Crippen molar-refractivity contribution in [2.75, 3.05) is 26.7 Å². The number of nitrogens with zero attached hydrogens (tertiary/aromatic N) is 2. The molecule has 11 nitrogen and oxygen atoms in total. The van der Waals surface area contributed by atoms with Crippen LogP contribution in [0.15, 0.2) is 4.99 Å². The molecule has 7 N–H and O–H groups in total. The Hall–Kier alpha value is -1.36. The summed E-state index contributed by atoms with van der Waals surface area (Å²) < 4.78 is 11.8. The molecule has 3 atom stereocenters. The van der Waals surface area contributed by atoms with Gasteiger partial charge in [-0.1, -0.05) is 20.8 Å². The van der Waals surface area contributed by atoms with E-state index in [0.29, 0.717) is 25.8 Å². The third-order valence-electron chi connectivity index (χ3n) is 5.29. The number of nitrogens with two attached hydrogens (primary N) is 1. The van der Waals surface area contributed by atoms with Crippen LogP contribution in [0.25, 0.3) is 0 Å². The van der Waals surface area contributed by atoms with Crippen molar-refractivity contribution in [3.63, 3.8) is 0 Å². The van der Waals surface area contributed by atoms with Gasteiger partial charge in [0.25, 0.3) is 0 Å². The first-order valence-corrected chi connectivity index (χ1v) is 12.5. The average Bonchev–Trinajstić information content (AvgIpc) is 3.21. The van der Waals surface area contributed by atoms with Crippen molar-refractivity contribution in [2.24, 2.45) is 16.6 Å². The van der Waals surface area contributed by atoms with Crippen LogP contribution in [0.4, 0.5) is 0 Å². The van der Waals surface area contributed by atoms with Crippen molar-refractivity contribution in [3.8, 4) is 0 Å². The topological polar surface area (TPSA) is 169 Å².